The molecule has 0 N–H and O–H groups in total. The monoisotopic (exact) mass is 369 g/mol. The van der Waals surface area contributed by atoms with E-state index in [0.29, 0.717) is 23.9 Å². The first kappa shape index (κ1) is 17.6. The second-order valence-electron chi connectivity index (χ2n) is 6.08. The summed E-state index contributed by atoms with van der Waals surface area (Å²) in [5.74, 6) is 2.05. The summed E-state index contributed by atoms with van der Waals surface area (Å²) in [4.78, 5) is 13.3. The molecule has 0 saturated heterocycles. The molecule has 28 heavy (non-hydrogen) atoms. The van der Waals surface area contributed by atoms with Crippen molar-refractivity contribution in [3.05, 3.63) is 84.8 Å². The van der Waals surface area contributed by atoms with Crippen LogP contribution in [0.1, 0.15) is 5.56 Å². The van der Waals surface area contributed by atoms with Gasteiger partial charge in [-0.2, -0.15) is 5.10 Å². The maximum Gasteiger partial charge on any atom is 0.181 e. The highest BCUT2D eigenvalue weighted by molar-refractivity contribution is 5.61. The number of ether oxygens (including phenoxy) is 1. The topological polar surface area (TPSA) is 65.7 Å². The molecule has 0 amide bonds. The van der Waals surface area contributed by atoms with Crippen LogP contribution in [0.4, 0.5) is 0 Å². The summed E-state index contributed by atoms with van der Waals surface area (Å²) in [6.07, 6.45) is 9.10. The van der Waals surface area contributed by atoms with Gasteiger partial charge in [-0.15, -0.1) is 0 Å². The predicted molar refractivity (Wildman–Crippen MR) is 109 cm³/mol. The van der Waals surface area contributed by atoms with Crippen molar-refractivity contribution in [1.82, 2.24) is 24.7 Å². The van der Waals surface area contributed by atoms with E-state index in [4.69, 9.17) is 14.8 Å². The van der Waals surface area contributed by atoms with Gasteiger partial charge in [0, 0.05) is 18.0 Å². The number of hydrogen-bond acceptors (Lipinski definition) is 5. The van der Waals surface area contributed by atoms with Gasteiger partial charge in [-0.1, -0.05) is 54.6 Å². The number of allylic oxidation sites excluding steroid dienone is 1. The molecule has 0 aliphatic carbocycles. The van der Waals surface area contributed by atoms with E-state index >= 15 is 0 Å². The Kier molecular flexibility index (Phi) is 5.20. The van der Waals surface area contributed by atoms with Crippen molar-refractivity contribution in [2.75, 3.05) is 7.11 Å². The molecule has 0 aliphatic rings. The van der Waals surface area contributed by atoms with Crippen LogP contribution in [0.25, 0.3) is 29.0 Å². The van der Waals surface area contributed by atoms with Crippen molar-refractivity contribution in [3.8, 4) is 28.7 Å². The summed E-state index contributed by atoms with van der Waals surface area (Å²) < 4.78 is 7.15. The van der Waals surface area contributed by atoms with E-state index in [9.17, 15) is 0 Å². The lowest BCUT2D eigenvalue weighted by atomic mass is 10.2. The fraction of sp³-hybridized carbons (Fsp3) is 0.0909. The Bertz CT molecular complexity index is 1070. The van der Waals surface area contributed by atoms with E-state index in [-0.39, 0.29) is 0 Å². The zero-order valence-electron chi connectivity index (χ0n) is 15.4. The lowest BCUT2D eigenvalue weighted by molar-refractivity contribution is 0.415. The number of rotatable bonds is 6. The minimum absolute atomic E-state index is 0.567. The molecule has 0 aliphatic heterocycles. The Morgan fingerprint density at radius 3 is 2.71 bits per heavy atom. The van der Waals surface area contributed by atoms with Gasteiger partial charge in [-0.25, -0.2) is 14.6 Å². The number of hydrogen-bond donors (Lipinski definition) is 0. The molecule has 0 saturated carbocycles. The zero-order chi connectivity index (χ0) is 19.2. The average molecular weight is 369 g/mol. The first-order chi connectivity index (χ1) is 13.8. The van der Waals surface area contributed by atoms with Gasteiger partial charge in [0.2, 0.25) is 0 Å². The third-order valence-corrected chi connectivity index (χ3v) is 4.18. The predicted octanol–water partition coefficient (Wildman–Crippen LogP) is 4.12. The van der Waals surface area contributed by atoms with Crippen molar-refractivity contribution >= 4 is 6.08 Å². The molecule has 2 aromatic carbocycles. The third-order valence-electron chi connectivity index (χ3n) is 4.18. The minimum atomic E-state index is 0.567. The molecule has 0 unspecified atom stereocenters. The van der Waals surface area contributed by atoms with E-state index in [1.54, 1.807) is 25.7 Å². The van der Waals surface area contributed by atoms with Crippen molar-refractivity contribution in [2.24, 2.45) is 0 Å². The number of nitrogens with zero attached hydrogens (tertiary/aromatic N) is 5. The smallest absolute Gasteiger partial charge is 0.181 e. The van der Waals surface area contributed by atoms with Gasteiger partial charge in [-0.05, 0) is 17.7 Å². The van der Waals surface area contributed by atoms with Crippen molar-refractivity contribution in [3.63, 3.8) is 0 Å². The molecule has 138 valence electrons. The highest BCUT2D eigenvalue weighted by Gasteiger charge is 2.14. The van der Waals surface area contributed by atoms with Crippen molar-refractivity contribution in [2.45, 2.75) is 6.54 Å². The lowest BCUT2D eigenvalue weighted by Gasteiger charge is -2.01. The third kappa shape index (κ3) is 3.96. The Labute approximate surface area is 163 Å². The number of methoxy groups -OCH3 is 1. The highest BCUT2D eigenvalue weighted by atomic mass is 16.5. The van der Waals surface area contributed by atoms with Gasteiger partial charge in [0.1, 0.15) is 11.4 Å². The summed E-state index contributed by atoms with van der Waals surface area (Å²) >= 11 is 0. The van der Waals surface area contributed by atoms with E-state index < -0.39 is 0 Å². The second-order valence-corrected chi connectivity index (χ2v) is 6.08. The number of aromatic nitrogens is 5. The van der Waals surface area contributed by atoms with E-state index in [0.717, 1.165) is 16.9 Å². The van der Waals surface area contributed by atoms with Gasteiger partial charge in [-0.3, -0.25) is 4.98 Å². The molecule has 0 atom stereocenters. The van der Waals surface area contributed by atoms with Crippen LogP contribution in [0.15, 0.2) is 79.3 Å². The lowest BCUT2D eigenvalue weighted by Crippen LogP contribution is -2.02. The van der Waals surface area contributed by atoms with Crippen LogP contribution >= 0.6 is 0 Å². The summed E-state index contributed by atoms with van der Waals surface area (Å²) in [7, 11) is 1.64. The molecule has 6 heteroatoms. The maximum atomic E-state index is 5.32. The second kappa shape index (κ2) is 8.26. The molecule has 2 heterocycles. The van der Waals surface area contributed by atoms with Gasteiger partial charge >= 0.3 is 0 Å². The Morgan fingerprint density at radius 2 is 1.93 bits per heavy atom. The molecule has 6 nitrogen and oxygen atoms in total. The Balaban J connectivity index is 1.69. The van der Waals surface area contributed by atoms with Crippen molar-refractivity contribution in [1.29, 1.82) is 0 Å². The van der Waals surface area contributed by atoms with Gasteiger partial charge < -0.3 is 4.74 Å². The van der Waals surface area contributed by atoms with Crippen LogP contribution in [0.5, 0.6) is 5.75 Å². The van der Waals surface area contributed by atoms with Crippen LogP contribution in [0.2, 0.25) is 0 Å². The van der Waals surface area contributed by atoms with Crippen LogP contribution in [-0.4, -0.2) is 31.8 Å². The first-order valence-electron chi connectivity index (χ1n) is 8.91. The Morgan fingerprint density at radius 1 is 1.04 bits per heavy atom. The van der Waals surface area contributed by atoms with E-state index in [1.165, 1.54) is 0 Å². The summed E-state index contributed by atoms with van der Waals surface area (Å²) in [6.45, 7) is 0.567. The minimum Gasteiger partial charge on any atom is -0.497 e. The van der Waals surface area contributed by atoms with E-state index in [2.05, 4.69) is 34.3 Å². The molecule has 0 bridgehead atoms. The number of benzene rings is 2. The fourth-order valence-electron chi connectivity index (χ4n) is 2.81. The molecule has 0 spiro atoms. The summed E-state index contributed by atoms with van der Waals surface area (Å²) in [5, 5.41) is 4.69. The average Bonchev–Trinajstić information content (AvgIpc) is 3.19. The van der Waals surface area contributed by atoms with E-state index in [1.807, 2.05) is 47.1 Å². The largest absolute Gasteiger partial charge is 0.497 e. The van der Waals surface area contributed by atoms with Crippen LogP contribution in [0, 0.1) is 0 Å². The zero-order valence-corrected chi connectivity index (χ0v) is 15.4. The molecular weight excluding hydrogens is 350 g/mol. The van der Waals surface area contributed by atoms with Gasteiger partial charge in [0.15, 0.2) is 11.6 Å². The Hall–Kier alpha value is -3.80. The highest BCUT2D eigenvalue weighted by Crippen LogP contribution is 2.24. The van der Waals surface area contributed by atoms with Gasteiger partial charge in [0.05, 0.1) is 19.9 Å². The SMILES string of the molecule is COc1cccc(-c2nc(-c3cnccn3)n(C/C=C/c3ccccc3)n2)c1. The fourth-order valence-corrected chi connectivity index (χ4v) is 2.81. The van der Waals surface area contributed by atoms with Crippen LogP contribution in [-0.2, 0) is 6.54 Å². The van der Waals surface area contributed by atoms with Crippen LogP contribution in [0.3, 0.4) is 0 Å². The quantitative estimate of drug-likeness (QED) is 0.511. The summed E-state index contributed by atoms with van der Waals surface area (Å²) in [5.41, 5.74) is 2.70. The van der Waals surface area contributed by atoms with Gasteiger partial charge in [0.25, 0.3) is 0 Å². The molecule has 4 rings (SSSR count). The van der Waals surface area contributed by atoms with Crippen LogP contribution < -0.4 is 4.74 Å². The normalized spacial score (nSPS) is 11.0. The first-order valence-corrected chi connectivity index (χ1v) is 8.91. The molecule has 4 aromatic rings. The molecule has 0 radical (unpaired) electrons. The molecular formula is C22H19N5O. The molecule has 0 fully saturated rings. The van der Waals surface area contributed by atoms with Crippen molar-refractivity contribution < 1.29 is 4.74 Å². The standard InChI is InChI=1S/C22H19N5O/c1-28-19-11-5-10-18(15-19)21-25-22(20-16-23-12-13-24-20)27(26-21)14-6-9-17-7-3-2-4-8-17/h2-13,15-16H,14H2,1H3/b9-6+. The maximum absolute atomic E-state index is 5.32. The summed E-state index contributed by atoms with van der Waals surface area (Å²) in [6, 6.07) is 17.8. The molecule has 2 aromatic heterocycles.